The van der Waals surface area contributed by atoms with Crippen LogP contribution in [0.2, 0.25) is 0 Å². The molecule has 3 N–H and O–H groups in total. The van der Waals surface area contributed by atoms with Gasteiger partial charge in [-0.3, -0.25) is 9.59 Å². The van der Waals surface area contributed by atoms with Gasteiger partial charge >= 0.3 is 0 Å². The number of carbonyl (C=O) groups excluding carboxylic acids is 2. The third kappa shape index (κ3) is 7.32. The quantitative estimate of drug-likeness (QED) is 0.555. The highest BCUT2D eigenvalue weighted by Crippen LogP contribution is 2.28. The van der Waals surface area contributed by atoms with Crippen molar-refractivity contribution < 1.29 is 14.3 Å². The zero-order valence-electron chi connectivity index (χ0n) is 21.9. The minimum absolute atomic E-state index is 0.0690. The Morgan fingerprint density at radius 1 is 0.941 bits per heavy atom. The third-order valence-electron chi connectivity index (χ3n) is 5.78. The number of carbonyl (C=O) groups is 2. The lowest BCUT2D eigenvalue weighted by Crippen LogP contribution is -2.53. The predicted octanol–water partition coefficient (Wildman–Crippen LogP) is 4.79. The maximum Gasteiger partial charge on any atom is 0.247 e. The molecule has 6 nitrogen and oxygen atoms in total. The van der Waals surface area contributed by atoms with Crippen LogP contribution in [0.3, 0.4) is 0 Å². The van der Waals surface area contributed by atoms with Crippen molar-refractivity contribution >= 4 is 11.8 Å². The van der Waals surface area contributed by atoms with Gasteiger partial charge in [0.1, 0.15) is 11.8 Å². The molecule has 2 rings (SSSR count). The van der Waals surface area contributed by atoms with Gasteiger partial charge in [-0.1, -0.05) is 64.1 Å². The van der Waals surface area contributed by atoms with Crippen LogP contribution < -0.4 is 15.8 Å². The summed E-state index contributed by atoms with van der Waals surface area (Å²) in [7, 11) is 1.61. The Kier molecular flexibility index (Phi) is 9.28. The molecule has 186 valence electrons. The number of nitrogens with two attached hydrogens (primary N) is 1. The molecule has 0 fully saturated rings. The maximum atomic E-state index is 13.7. The van der Waals surface area contributed by atoms with E-state index in [1.54, 1.807) is 12.0 Å². The fourth-order valence-corrected chi connectivity index (χ4v) is 3.67. The van der Waals surface area contributed by atoms with Crippen molar-refractivity contribution in [3.05, 3.63) is 65.2 Å². The standard InChI is InChI=1S/C28H41N3O3/c1-18(2)21-11-13-22(14-12-21)25(26(32)30-28(5,6)7)31(27(33)24(29)19(3)4)17-20-9-15-23(34-8)16-10-20/h9-16,18-19,24-25H,17,29H2,1-8H3,(H,30,32)/t24-,25?/m1/s1. The van der Waals surface area contributed by atoms with Gasteiger partial charge in [-0.2, -0.15) is 0 Å². The molecule has 0 aromatic heterocycles. The summed E-state index contributed by atoms with van der Waals surface area (Å²) in [6.45, 7) is 14.1. The second kappa shape index (κ2) is 11.5. The molecule has 0 bridgehead atoms. The number of ether oxygens (including phenoxy) is 1. The van der Waals surface area contributed by atoms with Crippen molar-refractivity contribution in [3.8, 4) is 5.75 Å². The van der Waals surface area contributed by atoms with E-state index in [9.17, 15) is 9.59 Å². The Morgan fingerprint density at radius 2 is 1.47 bits per heavy atom. The molecule has 2 aromatic carbocycles. The number of nitrogens with zero attached hydrogens (tertiary/aromatic N) is 1. The first-order valence-corrected chi connectivity index (χ1v) is 11.9. The summed E-state index contributed by atoms with van der Waals surface area (Å²) in [5.41, 5.74) is 8.68. The third-order valence-corrected chi connectivity index (χ3v) is 5.78. The first-order valence-electron chi connectivity index (χ1n) is 11.9. The number of methoxy groups -OCH3 is 1. The Hall–Kier alpha value is -2.86. The zero-order valence-corrected chi connectivity index (χ0v) is 21.9. The minimum Gasteiger partial charge on any atom is -0.497 e. The topological polar surface area (TPSA) is 84.7 Å². The van der Waals surface area contributed by atoms with E-state index in [2.05, 4.69) is 19.2 Å². The summed E-state index contributed by atoms with van der Waals surface area (Å²) in [4.78, 5) is 28.9. The summed E-state index contributed by atoms with van der Waals surface area (Å²) >= 11 is 0. The Balaban J connectivity index is 2.58. The van der Waals surface area contributed by atoms with E-state index in [1.165, 1.54) is 5.56 Å². The summed E-state index contributed by atoms with van der Waals surface area (Å²) in [6, 6.07) is 13.9. The lowest BCUT2D eigenvalue weighted by molar-refractivity contribution is -0.144. The van der Waals surface area contributed by atoms with Crippen LogP contribution in [-0.2, 0) is 16.1 Å². The molecule has 34 heavy (non-hydrogen) atoms. The van der Waals surface area contributed by atoms with Crippen molar-refractivity contribution in [2.75, 3.05) is 7.11 Å². The summed E-state index contributed by atoms with van der Waals surface area (Å²) in [5, 5.41) is 3.07. The Labute approximate surface area is 204 Å². The van der Waals surface area contributed by atoms with Crippen molar-refractivity contribution in [2.24, 2.45) is 11.7 Å². The number of benzene rings is 2. The van der Waals surface area contributed by atoms with Crippen LogP contribution >= 0.6 is 0 Å². The summed E-state index contributed by atoms with van der Waals surface area (Å²) < 4.78 is 5.27. The Bertz CT molecular complexity index is 944. The predicted molar refractivity (Wildman–Crippen MR) is 138 cm³/mol. The fraction of sp³-hybridized carbons (Fsp3) is 0.500. The molecule has 0 aliphatic carbocycles. The van der Waals surface area contributed by atoms with E-state index in [0.29, 0.717) is 5.92 Å². The van der Waals surface area contributed by atoms with Crippen LogP contribution in [-0.4, -0.2) is 35.4 Å². The second-order valence-corrected chi connectivity index (χ2v) is 10.5. The number of nitrogens with one attached hydrogen (secondary N) is 1. The van der Waals surface area contributed by atoms with Crippen LogP contribution in [0, 0.1) is 5.92 Å². The number of hydrogen-bond donors (Lipinski definition) is 2. The largest absolute Gasteiger partial charge is 0.497 e. The smallest absolute Gasteiger partial charge is 0.247 e. The van der Waals surface area contributed by atoms with Crippen molar-refractivity contribution in [3.63, 3.8) is 0 Å². The number of rotatable bonds is 9. The average Bonchev–Trinajstić information content (AvgIpc) is 2.77. The van der Waals surface area contributed by atoms with Gasteiger partial charge in [0, 0.05) is 12.1 Å². The number of hydrogen-bond acceptors (Lipinski definition) is 4. The van der Waals surface area contributed by atoms with Gasteiger partial charge in [-0.05, 0) is 61.4 Å². The molecular formula is C28H41N3O3. The highest BCUT2D eigenvalue weighted by Gasteiger charge is 2.36. The maximum absolute atomic E-state index is 13.7. The fourth-order valence-electron chi connectivity index (χ4n) is 3.67. The van der Waals surface area contributed by atoms with Gasteiger partial charge in [0.2, 0.25) is 11.8 Å². The van der Waals surface area contributed by atoms with Crippen LogP contribution in [0.5, 0.6) is 5.75 Å². The van der Waals surface area contributed by atoms with Crippen LogP contribution in [0.4, 0.5) is 0 Å². The molecule has 0 heterocycles. The number of amides is 2. The molecule has 0 saturated heterocycles. The molecule has 0 aliphatic heterocycles. The molecule has 0 spiro atoms. The van der Waals surface area contributed by atoms with Crippen LogP contribution in [0.15, 0.2) is 48.5 Å². The van der Waals surface area contributed by atoms with E-state index in [0.717, 1.165) is 16.9 Å². The van der Waals surface area contributed by atoms with Crippen molar-refractivity contribution in [1.29, 1.82) is 0 Å². The highest BCUT2D eigenvalue weighted by molar-refractivity contribution is 5.91. The highest BCUT2D eigenvalue weighted by atomic mass is 16.5. The van der Waals surface area contributed by atoms with E-state index in [4.69, 9.17) is 10.5 Å². The van der Waals surface area contributed by atoms with Gasteiger partial charge in [-0.25, -0.2) is 0 Å². The first-order chi connectivity index (χ1) is 15.8. The molecule has 2 aromatic rings. The Morgan fingerprint density at radius 3 is 1.91 bits per heavy atom. The molecular weight excluding hydrogens is 426 g/mol. The lowest BCUT2D eigenvalue weighted by Gasteiger charge is -2.36. The van der Waals surface area contributed by atoms with E-state index < -0.39 is 17.6 Å². The zero-order chi connectivity index (χ0) is 25.6. The summed E-state index contributed by atoms with van der Waals surface area (Å²) in [5.74, 6) is 0.532. The van der Waals surface area contributed by atoms with E-state index in [1.807, 2.05) is 83.1 Å². The van der Waals surface area contributed by atoms with Gasteiger partial charge in [0.05, 0.1) is 13.2 Å². The van der Waals surface area contributed by atoms with Gasteiger partial charge in [0.25, 0.3) is 0 Å². The van der Waals surface area contributed by atoms with Gasteiger partial charge < -0.3 is 20.7 Å². The molecule has 1 unspecified atom stereocenters. The molecule has 6 heteroatoms. The molecule has 2 amide bonds. The first kappa shape index (κ1) is 27.4. The van der Waals surface area contributed by atoms with Gasteiger partial charge in [-0.15, -0.1) is 0 Å². The molecule has 2 atom stereocenters. The van der Waals surface area contributed by atoms with Crippen LogP contribution in [0.25, 0.3) is 0 Å². The SMILES string of the molecule is COc1ccc(CN(C(=O)[C@H](N)C(C)C)C(C(=O)NC(C)(C)C)c2ccc(C(C)C)cc2)cc1. The van der Waals surface area contributed by atoms with Crippen molar-refractivity contribution in [1.82, 2.24) is 10.2 Å². The normalized spacial score (nSPS) is 13.5. The average molecular weight is 468 g/mol. The minimum atomic E-state index is -0.820. The molecule has 0 aliphatic rings. The second-order valence-electron chi connectivity index (χ2n) is 10.5. The van der Waals surface area contributed by atoms with E-state index in [-0.39, 0.29) is 24.3 Å². The lowest BCUT2D eigenvalue weighted by atomic mass is 9.95. The molecule has 0 radical (unpaired) electrons. The van der Waals surface area contributed by atoms with Crippen LogP contribution in [0.1, 0.15) is 77.1 Å². The molecule has 0 saturated carbocycles. The van der Waals surface area contributed by atoms with Gasteiger partial charge in [0.15, 0.2) is 0 Å². The van der Waals surface area contributed by atoms with E-state index >= 15 is 0 Å². The monoisotopic (exact) mass is 467 g/mol. The van der Waals surface area contributed by atoms with Crippen molar-refractivity contribution in [2.45, 2.75) is 78.6 Å². The summed E-state index contributed by atoms with van der Waals surface area (Å²) in [6.07, 6.45) is 0.